The Bertz CT molecular complexity index is 812. The first kappa shape index (κ1) is 13.5. The van der Waals surface area contributed by atoms with Crippen LogP contribution < -0.4 is 10.6 Å². The summed E-state index contributed by atoms with van der Waals surface area (Å²) in [6.45, 7) is 1.48. The van der Waals surface area contributed by atoms with Crippen molar-refractivity contribution in [1.29, 1.82) is 0 Å². The van der Waals surface area contributed by atoms with E-state index in [1.165, 1.54) is 6.92 Å². The van der Waals surface area contributed by atoms with Crippen molar-refractivity contribution in [2.45, 2.75) is 6.92 Å². The number of hydrogen-bond acceptors (Lipinski definition) is 3. The predicted molar refractivity (Wildman–Crippen MR) is 85.1 cm³/mol. The molecule has 106 valence electrons. The number of aromatic nitrogens is 2. The van der Waals surface area contributed by atoms with Crippen molar-refractivity contribution in [2.24, 2.45) is 0 Å². The number of imidazole rings is 1. The van der Waals surface area contributed by atoms with Gasteiger partial charge in [-0.15, -0.1) is 0 Å². The van der Waals surface area contributed by atoms with Gasteiger partial charge in [0, 0.05) is 23.3 Å². The van der Waals surface area contributed by atoms with E-state index in [1.807, 2.05) is 36.4 Å². The average molecular weight is 301 g/mol. The Hall–Kier alpha value is -2.53. The smallest absolute Gasteiger partial charge is 0.221 e. The fraction of sp³-hybridized carbons (Fsp3) is 0.0667. The molecule has 21 heavy (non-hydrogen) atoms. The van der Waals surface area contributed by atoms with Crippen molar-refractivity contribution in [1.82, 2.24) is 9.97 Å². The van der Waals surface area contributed by atoms with Crippen molar-refractivity contribution in [3.63, 3.8) is 0 Å². The number of amides is 1. The number of carbonyl (C=O) groups excluding carboxylic acids is 1. The highest BCUT2D eigenvalue weighted by molar-refractivity contribution is 6.31. The van der Waals surface area contributed by atoms with Crippen molar-refractivity contribution < 1.29 is 4.79 Å². The fourth-order valence-corrected chi connectivity index (χ4v) is 2.23. The van der Waals surface area contributed by atoms with Crippen LogP contribution in [-0.4, -0.2) is 15.9 Å². The molecule has 2 aromatic carbocycles. The molecule has 0 aliphatic heterocycles. The molecule has 0 spiro atoms. The second-order valence-electron chi connectivity index (χ2n) is 4.63. The van der Waals surface area contributed by atoms with Crippen LogP contribution in [-0.2, 0) is 4.79 Å². The van der Waals surface area contributed by atoms with E-state index in [4.69, 9.17) is 11.6 Å². The number of nitrogens with zero attached hydrogens (tertiary/aromatic N) is 1. The lowest BCUT2D eigenvalue weighted by atomic mass is 10.3. The van der Waals surface area contributed by atoms with Crippen LogP contribution in [0, 0.1) is 0 Å². The van der Waals surface area contributed by atoms with Gasteiger partial charge >= 0.3 is 0 Å². The summed E-state index contributed by atoms with van der Waals surface area (Å²) in [5, 5.41) is 6.56. The van der Waals surface area contributed by atoms with Gasteiger partial charge in [-0.3, -0.25) is 4.79 Å². The maximum Gasteiger partial charge on any atom is 0.221 e. The topological polar surface area (TPSA) is 69.8 Å². The van der Waals surface area contributed by atoms with Crippen molar-refractivity contribution in [2.75, 3.05) is 10.6 Å². The van der Waals surface area contributed by atoms with Crippen LogP contribution in [0.15, 0.2) is 42.5 Å². The maximum atomic E-state index is 11.1. The lowest BCUT2D eigenvalue weighted by molar-refractivity contribution is -0.114. The van der Waals surface area contributed by atoms with E-state index < -0.39 is 0 Å². The third kappa shape index (κ3) is 3.14. The van der Waals surface area contributed by atoms with Gasteiger partial charge in [0.2, 0.25) is 11.9 Å². The van der Waals surface area contributed by atoms with E-state index in [2.05, 4.69) is 20.6 Å². The van der Waals surface area contributed by atoms with Crippen molar-refractivity contribution in [3.8, 4) is 0 Å². The molecule has 0 aliphatic carbocycles. The lowest BCUT2D eigenvalue weighted by Gasteiger charge is -2.06. The van der Waals surface area contributed by atoms with Crippen LogP contribution in [0.4, 0.5) is 17.3 Å². The first-order valence-electron chi connectivity index (χ1n) is 6.40. The molecule has 0 atom stereocenters. The lowest BCUT2D eigenvalue weighted by Crippen LogP contribution is -2.05. The molecule has 0 bridgehead atoms. The molecule has 0 saturated heterocycles. The molecular weight excluding hydrogens is 288 g/mol. The Morgan fingerprint density at radius 3 is 2.81 bits per heavy atom. The molecule has 1 amide bonds. The first-order chi connectivity index (χ1) is 10.1. The van der Waals surface area contributed by atoms with Gasteiger partial charge in [-0.1, -0.05) is 17.7 Å². The Kier molecular flexibility index (Phi) is 3.50. The summed E-state index contributed by atoms with van der Waals surface area (Å²) in [5.74, 6) is 0.512. The quantitative estimate of drug-likeness (QED) is 0.686. The van der Waals surface area contributed by atoms with Gasteiger partial charge in [0.05, 0.1) is 11.0 Å². The van der Waals surface area contributed by atoms with Crippen LogP contribution in [0.25, 0.3) is 11.0 Å². The highest BCUT2D eigenvalue weighted by atomic mass is 35.5. The third-order valence-corrected chi connectivity index (χ3v) is 3.12. The number of fused-ring (bicyclic) bond motifs is 1. The van der Waals surface area contributed by atoms with Gasteiger partial charge < -0.3 is 15.6 Å². The van der Waals surface area contributed by atoms with Gasteiger partial charge in [0.15, 0.2) is 0 Å². The summed E-state index contributed by atoms with van der Waals surface area (Å²) in [4.78, 5) is 18.6. The molecular formula is C15H13ClN4O. The Labute approximate surface area is 126 Å². The monoisotopic (exact) mass is 300 g/mol. The summed E-state index contributed by atoms with van der Waals surface area (Å²) < 4.78 is 0. The minimum absolute atomic E-state index is 0.106. The minimum Gasteiger partial charge on any atom is -0.326 e. The zero-order valence-electron chi connectivity index (χ0n) is 11.3. The second-order valence-corrected chi connectivity index (χ2v) is 5.07. The first-order valence-corrected chi connectivity index (χ1v) is 6.78. The Morgan fingerprint density at radius 2 is 2.00 bits per heavy atom. The van der Waals surface area contributed by atoms with Crippen LogP contribution in [0.3, 0.4) is 0 Å². The molecule has 0 aliphatic rings. The van der Waals surface area contributed by atoms with E-state index in [-0.39, 0.29) is 5.91 Å². The summed E-state index contributed by atoms with van der Waals surface area (Å²) in [7, 11) is 0. The normalized spacial score (nSPS) is 10.6. The zero-order valence-corrected chi connectivity index (χ0v) is 12.0. The molecule has 1 heterocycles. The van der Waals surface area contributed by atoms with Gasteiger partial charge in [-0.05, 0) is 36.4 Å². The number of benzene rings is 2. The van der Waals surface area contributed by atoms with Gasteiger partial charge in [0.25, 0.3) is 0 Å². The van der Waals surface area contributed by atoms with Crippen LogP contribution in [0.5, 0.6) is 0 Å². The molecule has 0 saturated carbocycles. The van der Waals surface area contributed by atoms with E-state index in [1.54, 1.807) is 6.07 Å². The van der Waals surface area contributed by atoms with E-state index in [0.717, 1.165) is 22.4 Å². The number of hydrogen-bond donors (Lipinski definition) is 3. The molecule has 0 radical (unpaired) electrons. The molecule has 6 heteroatoms. The molecule has 1 aromatic heterocycles. The SMILES string of the molecule is CC(=O)Nc1cccc(Nc2nc3ccc(Cl)cc3[nH]2)c1. The van der Waals surface area contributed by atoms with Crippen LogP contribution in [0.1, 0.15) is 6.92 Å². The van der Waals surface area contributed by atoms with E-state index in [9.17, 15) is 4.79 Å². The number of H-pyrrole nitrogens is 1. The van der Waals surface area contributed by atoms with Gasteiger partial charge in [-0.25, -0.2) is 4.98 Å². The minimum atomic E-state index is -0.106. The van der Waals surface area contributed by atoms with E-state index >= 15 is 0 Å². The van der Waals surface area contributed by atoms with Crippen LogP contribution >= 0.6 is 11.6 Å². The highest BCUT2D eigenvalue weighted by Crippen LogP contribution is 2.22. The summed E-state index contributed by atoms with van der Waals surface area (Å²) in [6.07, 6.45) is 0. The molecule has 5 nitrogen and oxygen atoms in total. The molecule has 0 unspecified atom stereocenters. The number of carbonyl (C=O) groups is 1. The zero-order chi connectivity index (χ0) is 14.8. The highest BCUT2D eigenvalue weighted by Gasteiger charge is 2.04. The Morgan fingerprint density at radius 1 is 1.19 bits per heavy atom. The van der Waals surface area contributed by atoms with Crippen molar-refractivity contribution in [3.05, 3.63) is 47.5 Å². The average Bonchev–Trinajstić information content (AvgIpc) is 2.79. The molecule has 3 N–H and O–H groups in total. The standard InChI is InChI=1S/C15H13ClN4O/c1-9(21)17-11-3-2-4-12(8-11)18-15-19-13-6-5-10(16)7-14(13)20-15/h2-8H,1H3,(H,17,21)(H2,18,19,20). The second kappa shape index (κ2) is 5.46. The largest absolute Gasteiger partial charge is 0.326 e. The number of halogens is 1. The molecule has 0 fully saturated rings. The summed E-state index contributed by atoms with van der Waals surface area (Å²) in [6, 6.07) is 12.9. The number of nitrogens with one attached hydrogen (secondary N) is 3. The van der Waals surface area contributed by atoms with Crippen molar-refractivity contribution >= 4 is 45.9 Å². The number of aromatic amines is 1. The fourth-order valence-electron chi connectivity index (χ4n) is 2.06. The van der Waals surface area contributed by atoms with Gasteiger partial charge in [-0.2, -0.15) is 0 Å². The predicted octanol–water partition coefficient (Wildman–Crippen LogP) is 3.92. The maximum absolute atomic E-state index is 11.1. The molecule has 3 rings (SSSR count). The van der Waals surface area contributed by atoms with Crippen LogP contribution in [0.2, 0.25) is 5.02 Å². The third-order valence-electron chi connectivity index (χ3n) is 2.89. The van der Waals surface area contributed by atoms with Gasteiger partial charge in [0.1, 0.15) is 0 Å². The van der Waals surface area contributed by atoms with E-state index in [0.29, 0.717) is 11.0 Å². The number of rotatable bonds is 3. The number of anilines is 3. The summed E-state index contributed by atoms with van der Waals surface area (Å²) in [5.41, 5.74) is 3.25. The summed E-state index contributed by atoms with van der Waals surface area (Å²) >= 11 is 5.95. The Balaban J connectivity index is 1.86. The molecule has 3 aromatic rings.